The average molecular weight is 143 g/mol. The van der Waals surface area contributed by atoms with E-state index >= 15 is 0 Å². The van der Waals surface area contributed by atoms with Crippen molar-refractivity contribution >= 4 is 17.2 Å². The molecule has 4 nitrogen and oxygen atoms in total. The van der Waals surface area contributed by atoms with Crippen molar-refractivity contribution in [2.75, 3.05) is 0 Å². The molecule has 1 aromatic rings. The first-order valence-corrected chi connectivity index (χ1v) is 3.08. The minimum atomic E-state index is 0.546. The molecule has 1 heterocycles. The first-order valence-electron chi connectivity index (χ1n) is 2.31. The second kappa shape index (κ2) is 2.54. The van der Waals surface area contributed by atoms with Gasteiger partial charge in [0.15, 0.2) is 0 Å². The molecule has 0 aliphatic heterocycles. The van der Waals surface area contributed by atoms with Gasteiger partial charge in [-0.05, 0) is 18.5 Å². The highest BCUT2D eigenvalue weighted by Crippen LogP contribution is 2.02. The van der Waals surface area contributed by atoms with E-state index in [1.54, 1.807) is 13.1 Å². The highest BCUT2D eigenvalue weighted by molar-refractivity contribution is 7.07. The van der Waals surface area contributed by atoms with Crippen LogP contribution >= 0.6 is 11.5 Å². The predicted octanol–water partition coefficient (Wildman–Crippen LogP) is 0.736. The number of hydrogen-bond donors (Lipinski definition) is 1. The standard InChI is InChI=1S/C4H5N3OS/c1-3(6-8)4-2-5-7-9-4/h2,8H,1H3/b6-3+. The Morgan fingerprint density at radius 1 is 1.89 bits per heavy atom. The summed E-state index contributed by atoms with van der Waals surface area (Å²) in [4.78, 5) is 0.789. The summed E-state index contributed by atoms with van der Waals surface area (Å²) < 4.78 is 3.59. The summed E-state index contributed by atoms with van der Waals surface area (Å²) in [5.41, 5.74) is 0.546. The SMILES string of the molecule is C/C(=N\O)c1cnns1. The summed E-state index contributed by atoms with van der Waals surface area (Å²) in [6.07, 6.45) is 1.56. The zero-order valence-corrected chi connectivity index (χ0v) is 5.59. The van der Waals surface area contributed by atoms with E-state index in [1.165, 1.54) is 11.5 Å². The van der Waals surface area contributed by atoms with Gasteiger partial charge in [-0.1, -0.05) is 9.64 Å². The molecule has 1 aromatic heterocycles. The third-order valence-corrected chi connectivity index (χ3v) is 1.64. The van der Waals surface area contributed by atoms with Crippen LogP contribution in [0.1, 0.15) is 11.8 Å². The Kier molecular flexibility index (Phi) is 1.74. The molecule has 0 bridgehead atoms. The van der Waals surface area contributed by atoms with E-state index in [4.69, 9.17) is 5.21 Å². The van der Waals surface area contributed by atoms with Crippen molar-refractivity contribution in [3.8, 4) is 0 Å². The maximum absolute atomic E-state index is 8.25. The van der Waals surface area contributed by atoms with Gasteiger partial charge in [0.2, 0.25) is 0 Å². The molecule has 0 fully saturated rings. The highest BCUT2D eigenvalue weighted by atomic mass is 32.1. The molecule has 0 spiro atoms. The molecule has 0 radical (unpaired) electrons. The molecule has 9 heavy (non-hydrogen) atoms. The molecule has 0 unspecified atom stereocenters. The van der Waals surface area contributed by atoms with Crippen molar-refractivity contribution in [1.82, 2.24) is 9.59 Å². The number of nitrogens with zero attached hydrogens (tertiary/aromatic N) is 3. The van der Waals surface area contributed by atoms with Crippen molar-refractivity contribution in [1.29, 1.82) is 0 Å². The molecule has 48 valence electrons. The van der Waals surface area contributed by atoms with E-state index in [0.717, 1.165) is 4.88 Å². The lowest BCUT2D eigenvalue weighted by Gasteiger charge is -1.84. The third-order valence-electron chi connectivity index (χ3n) is 0.868. The topological polar surface area (TPSA) is 58.4 Å². The first-order chi connectivity index (χ1) is 4.34. The Morgan fingerprint density at radius 2 is 2.67 bits per heavy atom. The van der Waals surface area contributed by atoms with Crippen LogP contribution in [0.2, 0.25) is 0 Å². The van der Waals surface area contributed by atoms with E-state index in [9.17, 15) is 0 Å². The fourth-order valence-electron chi connectivity index (χ4n) is 0.376. The second-order valence-electron chi connectivity index (χ2n) is 1.47. The maximum atomic E-state index is 8.25. The first kappa shape index (κ1) is 6.15. The largest absolute Gasteiger partial charge is 0.411 e. The quantitative estimate of drug-likeness (QED) is 0.358. The predicted molar refractivity (Wildman–Crippen MR) is 33.9 cm³/mol. The summed E-state index contributed by atoms with van der Waals surface area (Å²) in [6.45, 7) is 1.69. The molecular weight excluding hydrogens is 138 g/mol. The van der Waals surface area contributed by atoms with Crippen LogP contribution in [0.25, 0.3) is 0 Å². The molecule has 0 atom stereocenters. The van der Waals surface area contributed by atoms with Crippen LogP contribution in [0.15, 0.2) is 11.4 Å². The summed E-state index contributed by atoms with van der Waals surface area (Å²) >= 11 is 1.20. The van der Waals surface area contributed by atoms with Gasteiger partial charge in [0, 0.05) is 0 Å². The summed E-state index contributed by atoms with van der Waals surface area (Å²) in [6, 6.07) is 0. The van der Waals surface area contributed by atoms with Gasteiger partial charge < -0.3 is 5.21 Å². The van der Waals surface area contributed by atoms with Gasteiger partial charge in [-0.15, -0.1) is 5.10 Å². The number of hydrogen-bond acceptors (Lipinski definition) is 5. The van der Waals surface area contributed by atoms with Crippen molar-refractivity contribution < 1.29 is 5.21 Å². The van der Waals surface area contributed by atoms with Crippen LogP contribution in [0.5, 0.6) is 0 Å². The van der Waals surface area contributed by atoms with Crippen LogP contribution < -0.4 is 0 Å². The van der Waals surface area contributed by atoms with E-state index < -0.39 is 0 Å². The minimum absolute atomic E-state index is 0.546. The van der Waals surface area contributed by atoms with Crippen LogP contribution in [0.3, 0.4) is 0 Å². The summed E-state index contributed by atoms with van der Waals surface area (Å²) in [5.74, 6) is 0. The van der Waals surface area contributed by atoms with Crippen LogP contribution in [0, 0.1) is 0 Å². The Morgan fingerprint density at radius 3 is 3.11 bits per heavy atom. The number of oxime groups is 1. The Bertz CT molecular complexity index is 206. The minimum Gasteiger partial charge on any atom is -0.411 e. The van der Waals surface area contributed by atoms with Gasteiger partial charge in [-0.2, -0.15) is 0 Å². The molecule has 1 N–H and O–H groups in total. The zero-order chi connectivity index (χ0) is 6.69. The lowest BCUT2D eigenvalue weighted by atomic mass is 10.4. The fraction of sp³-hybridized carbons (Fsp3) is 0.250. The van der Waals surface area contributed by atoms with Gasteiger partial charge >= 0.3 is 0 Å². The average Bonchev–Trinajstić information content (AvgIpc) is 2.37. The van der Waals surface area contributed by atoms with E-state index in [1.807, 2.05) is 0 Å². The monoisotopic (exact) mass is 143 g/mol. The Labute approximate surface area is 56.0 Å². The molecule has 0 aliphatic carbocycles. The van der Waals surface area contributed by atoms with E-state index in [-0.39, 0.29) is 0 Å². The second-order valence-corrected chi connectivity index (χ2v) is 2.25. The fourth-order valence-corrected chi connectivity index (χ4v) is 0.825. The van der Waals surface area contributed by atoms with Gasteiger partial charge in [-0.25, -0.2) is 0 Å². The molecule has 0 saturated heterocycles. The maximum Gasteiger partial charge on any atom is 0.0968 e. The normalized spacial score (nSPS) is 11.9. The van der Waals surface area contributed by atoms with E-state index in [0.29, 0.717) is 5.71 Å². The van der Waals surface area contributed by atoms with Gasteiger partial charge in [0.05, 0.1) is 16.8 Å². The van der Waals surface area contributed by atoms with Crippen LogP contribution in [-0.2, 0) is 0 Å². The van der Waals surface area contributed by atoms with Gasteiger partial charge in [0.25, 0.3) is 0 Å². The molecule has 5 heteroatoms. The van der Waals surface area contributed by atoms with Gasteiger partial charge in [0.1, 0.15) is 0 Å². The summed E-state index contributed by atoms with van der Waals surface area (Å²) in [5, 5.41) is 14.8. The van der Waals surface area contributed by atoms with Crippen molar-refractivity contribution in [3.63, 3.8) is 0 Å². The molecule has 0 aromatic carbocycles. The lowest BCUT2D eigenvalue weighted by Crippen LogP contribution is -1.88. The summed E-state index contributed by atoms with van der Waals surface area (Å²) in [7, 11) is 0. The lowest BCUT2D eigenvalue weighted by molar-refractivity contribution is 0.319. The molecule has 0 aliphatic rings. The number of rotatable bonds is 1. The van der Waals surface area contributed by atoms with E-state index in [2.05, 4.69) is 14.7 Å². The van der Waals surface area contributed by atoms with Crippen molar-refractivity contribution in [2.45, 2.75) is 6.92 Å². The van der Waals surface area contributed by atoms with Crippen molar-refractivity contribution in [2.24, 2.45) is 5.16 Å². The van der Waals surface area contributed by atoms with Crippen LogP contribution in [-0.4, -0.2) is 20.5 Å². The smallest absolute Gasteiger partial charge is 0.0968 e. The highest BCUT2D eigenvalue weighted by Gasteiger charge is 1.98. The van der Waals surface area contributed by atoms with Gasteiger partial charge in [-0.3, -0.25) is 0 Å². The Hall–Kier alpha value is -0.970. The molecule has 0 amide bonds. The zero-order valence-electron chi connectivity index (χ0n) is 4.77. The van der Waals surface area contributed by atoms with Crippen molar-refractivity contribution in [3.05, 3.63) is 11.1 Å². The molecular formula is C4H5N3OS. The third kappa shape index (κ3) is 1.23. The number of aromatic nitrogens is 2. The van der Waals surface area contributed by atoms with Crippen LogP contribution in [0.4, 0.5) is 0 Å². The Balaban J connectivity index is 2.90. The molecule has 1 rings (SSSR count). The molecule has 0 saturated carbocycles.